The molecule has 66 valence electrons. The molecule has 0 fully saturated rings. The lowest BCUT2D eigenvalue weighted by atomic mass is 9.93. The van der Waals surface area contributed by atoms with E-state index in [-0.39, 0.29) is 5.97 Å². The Morgan fingerprint density at radius 1 is 1.38 bits per heavy atom. The molecule has 0 unspecified atom stereocenters. The quantitative estimate of drug-likeness (QED) is 0.653. The van der Waals surface area contributed by atoms with Crippen LogP contribution in [0.25, 0.3) is 12.2 Å². The van der Waals surface area contributed by atoms with Gasteiger partial charge in [0, 0.05) is 0 Å². The topological polar surface area (TPSA) is 26.3 Å². The molecule has 13 heavy (non-hydrogen) atoms. The van der Waals surface area contributed by atoms with Crippen molar-refractivity contribution in [1.29, 1.82) is 0 Å². The molecule has 1 aromatic carbocycles. The summed E-state index contributed by atoms with van der Waals surface area (Å²) in [6.45, 7) is 2.23. The van der Waals surface area contributed by atoms with Crippen LogP contribution in [0.5, 0.6) is 0 Å². The van der Waals surface area contributed by atoms with Crippen molar-refractivity contribution in [2.24, 2.45) is 0 Å². The zero-order valence-electron chi connectivity index (χ0n) is 7.41. The van der Waals surface area contributed by atoms with E-state index in [1.165, 1.54) is 0 Å². The Kier molecular flexibility index (Phi) is 1.89. The highest BCUT2D eigenvalue weighted by Crippen LogP contribution is 2.27. The Morgan fingerprint density at radius 3 is 2.85 bits per heavy atom. The molecule has 0 saturated carbocycles. The molecule has 1 aliphatic carbocycles. The summed E-state index contributed by atoms with van der Waals surface area (Å²) in [5.41, 5.74) is 2.79. The second-order valence-corrected chi connectivity index (χ2v) is 2.86. The predicted molar refractivity (Wildman–Crippen MR) is 51.3 cm³/mol. The van der Waals surface area contributed by atoms with Crippen LogP contribution in [0, 0.1) is 0 Å². The van der Waals surface area contributed by atoms with E-state index in [1.807, 2.05) is 31.2 Å². The van der Waals surface area contributed by atoms with Gasteiger partial charge in [0.15, 0.2) is 0 Å². The molecule has 0 radical (unpaired) electrons. The SMILES string of the molecule is CCOC(=O)c1cccc2c1C=C2. The minimum Gasteiger partial charge on any atom is -0.462 e. The minimum absolute atomic E-state index is 0.233. The molecule has 0 aromatic heterocycles. The molecule has 0 saturated heterocycles. The lowest BCUT2D eigenvalue weighted by molar-refractivity contribution is 0.0526. The lowest BCUT2D eigenvalue weighted by Crippen LogP contribution is -2.09. The fourth-order valence-electron chi connectivity index (χ4n) is 1.38. The van der Waals surface area contributed by atoms with Crippen LogP contribution in [0.3, 0.4) is 0 Å². The average molecular weight is 174 g/mol. The highest BCUT2D eigenvalue weighted by molar-refractivity contribution is 6.00. The molecular weight excluding hydrogens is 164 g/mol. The summed E-state index contributed by atoms with van der Waals surface area (Å²) in [6, 6.07) is 5.65. The summed E-state index contributed by atoms with van der Waals surface area (Å²) in [4.78, 5) is 11.4. The summed E-state index contributed by atoms with van der Waals surface area (Å²) in [5.74, 6) is -0.233. The molecule has 2 rings (SSSR count). The maximum atomic E-state index is 11.4. The zero-order valence-corrected chi connectivity index (χ0v) is 7.41. The number of rotatable bonds is 2. The van der Waals surface area contributed by atoms with Crippen molar-refractivity contribution in [2.45, 2.75) is 6.92 Å². The van der Waals surface area contributed by atoms with E-state index in [1.54, 1.807) is 6.07 Å². The molecular formula is C11H10O2. The zero-order chi connectivity index (χ0) is 9.26. The Bertz CT molecular complexity index is 378. The van der Waals surface area contributed by atoms with Crippen molar-refractivity contribution in [3.05, 3.63) is 34.9 Å². The fraction of sp³-hybridized carbons (Fsp3) is 0.182. The molecule has 1 aromatic rings. The number of ether oxygens (including phenoxy) is 1. The Hall–Kier alpha value is -1.57. The van der Waals surface area contributed by atoms with Crippen LogP contribution in [-0.2, 0) is 4.74 Å². The summed E-state index contributed by atoms with van der Waals surface area (Å²) >= 11 is 0. The third-order valence-electron chi connectivity index (χ3n) is 2.06. The van der Waals surface area contributed by atoms with Gasteiger partial charge in [-0.2, -0.15) is 0 Å². The van der Waals surface area contributed by atoms with Crippen LogP contribution in [0.1, 0.15) is 28.4 Å². The van der Waals surface area contributed by atoms with Gasteiger partial charge >= 0.3 is 5.97 Å². The smallest absolute Gasteiger partial charge is 0.338 e. The van der Waals surface area contributed by atoms with Crippen LogP contribution in [0.4, 0.5) is 0 Å². The highest BCUT2D eigenvalue weighted by atomic mass is 16.5. The minimum atomic E-state index is -0.233. The van der Waals surface area contributed by atoms with Crippen LogP contribution >= 0.6 is 0 Å². The van der Waals surface area contributed by atoms with E-state index in [4.69, 9.17) is 4.74 Å². The standard InChI is InChI=1S/C11H10O2/c1-2-13-11(12)10-5-3-4-8-6-7-9(8)10/h3-7H,2H2,1H3. The van der Waals surface area contributed by atoms with E-state index in [0.717, 1.165) is 11.1 Å². The number of carbonyl (C=O) groups is 1. The van der Waals surface area contributed by atoms with Crippen molar-refractivity contribution in [2.75, 3.05) is 6.61 Å². The largest absolute Gasteiger partial charge is 0.462 e. The van der Waals surface area contributed by atoms with Gasteiger partial charge < -0.3 is 4.74 Å². The first-order chi connectivity index (χ1) is 6.33. The van der Waals surface area contributed by atoms with Gasteiger partial charge in [0.1, 0.15) is 0 Å². The summed E-state index contributed by atoms with van der Waals surface area (Å²) in [7, 11) is 0. The van der Waals surface area contributed by atoms with Crippen molar-refractivity contribution in [3.63, 3.8) is 0 Å². The second-order valence-electron chi connectivity index (χ2n) is 2.86. The van der Waals surface area contributed by atoms with Crippen molar-refractivity contribution < 1.29 is 9.53 Å². The molecule has 0 bridgehead atoms. The molecule has 2 heteroatoms. The number of hydrogen-bond donors (Lipinski definition) is 0. The van der Waals surface area contributed by atoms with Gasteiger partial charge in [-0.1, -0.05) is 24.3 Å². The van der Waals surface area contributed by atoms with E-state index in [9.17, 15) is 4.79 Å². The maximum absolute atomic E-state index is 11.4. The summed E-state index contributed by atoms with van der Waals surface area (Å²) in [5, 5.41) is 0. The molecule has 1 aliphatic rings. The van der Waals surface area contributed by atoms with E-state index in [0.29, 0.717) is 12.2 Å². The van der Waals surface area contributed by atoms with Gasteiger partial charge in [0.2, 0.25) is 0 Å². The Balaban J connectivity index is 2.33. The van der Waals surface area contributed by atoms with Gasteiger partial charge in [-0.05, 0) is 24.1 Å². The van der Waals surface area contributed by atoms with Gasteiger partial charge in [-0.25, -0.2) is 4.79 Å². The second kappa shape index (κ2) is 3.05. The normalized spacial score (nSPS) is 11.8. The Labute approximate surface area is 76.8 Å². The van der Waals surface area contributed by atoms with Gasteiger partial charge in [0.25, 0.3) is 0 Å². The van der Waals surface area contributed by atoms with Crippen LogP contribution < -0.4 is 0 Å². The van der Waals surface area contributed by atoms with Crippen molar-refractivity contribution in [3.8, 4) is 0 Å². The van der Waals surface area contributed by atoms with E-state index >= 15 is 0 Å². The van der Waals surface area contributed by atoms with Crippen molar-refractivity contribution in [1.82, 2.24) is 0 Å². The molecule has 0 spiro atoms. The molecule has 0 heterocycles. The molecule has 2 nitrogen and oxygen atoms in total. The first-order valence-corrected chi connectivity index (χ1v) is 4.31. The number of esters is 1. The van der Waals surface area contributed by atoms with Crippen molar-refractivity contribution >= 4 is 18.1 Å². The fourth-order valence-corrected chi connectivity index (χ4v) is 1.38. The maximum Gasteiger partial charge on any atom is 0.338 e. The van der Waals surface area contributed by atoms with Gasteiger partial charge in [-0.15, -0.1) is 0 Å². The Morgan fingerprint density at radius 2 is 2.23 bits per heavy atom. The number of benzene rings is 1. The number of carbonyl (C=O) groups excluding carboxylic acids is 1. The molecule has 0 aliphatic heterocycles. The van der Waals surface area contributed by atoms with Gasteiger partial charge in [-0.3, -0.25) is 0 Å². The third kappa shape index (κ3) is 1.24. The number of hydrogen-bond acceptors (Lipinski definition) is 2. The highest BCUT2D eigenvalue weighted by Gasteiger charge is 2.16. The molecule has 0 N–H and O–H groups in total. The first-order valence-electron chi connectivity index (χ1n) is 4.31. The summed E-state index contributed by atoms with van der Waals surface area (Å²) < 4.78 is 4.92. The summed E-state index contributed by atoms with van der Waals surface area (Å²) in [6.07, 6.45) is 3.92. The predicted octanol–water partition coefficient (Wildman–Crippen LogP) is 2.35. The van der Waals surface area contributed by atoms with Crippen LogP contribution in [-0.4, -0.2) is 12.6 Å². The third-order valence-corrected chi connectivity index (χ3v) is 2.06. The van der Waals surface area contributed by atoms with E-state index < -0.39 is 0 Å². The van der Waals surface area contributed by atoms with E-state index in [2.05, 4.69) is 0 Å². The lowest BCUT2D eigenvalue weighted by Gasteiger charge is -2.13. The van der Waals surface area contributed by atoms with Crippen LogP contribution in [0.2, 0.25) is 0 Å². The number of fused-ring (bicyclic) bond motifs is 1. The van der Waals surface area contributed by atoms with Gasteiger partial charge in [0.05, 0.1) is 12.2 Å². The molecule has 0 amide bonds. The monoisotopic (exact) mass is 174 g/mol. The first kappa shape index (κ1) is 8.05. The molecule has 0 atom stereocenters. The van der Waals surface area contributed by atoms with Crippen LogP contribution in [0.15, 0.2) is 18.2 Å². The average Bonchev–Trinajstić information content (AvgIpc) is 2.07.